The second kappa shape index (κ2) is 5.63. The summed E-state index contributed by atoms with van der Waals surface area (Å²) in [5.41, 5.74) is 0.874. The summed E-state index contributed by atoms with van der Waals surface area (Å²) in [7, 11) is 0. The molecule has 0 aliphatic rings. The molecule has 5 heteroatoms. The molecule has 0 aliphatic heterocycles. The zero-order valence-electron chi connectivity index (χ0n) is 9.60. The molecule has 17 heavy (non-hydrogen) atoms. The molecule has 4 nitrogen and oxygen atoms in total. The van der Waals surface area contributed by atoms with Gasteiger partial charge >= 0.3 is 0 Å². The lowest BCUT2D eigenvalue weighted by Crippen LogP contribution is -2.27. The van der Waals surface area contributed by atoms with E-state index in [9.17, 15) is 4.79 Å². The lowest BCUT2D eigenvalue weighted by atomic mass is 10.3. The smallest absolute Gasteiger partial charge is 0.225 e. The zero-order chi connectivity index (χ0) is 12.1. The molecule has 0 unspecified atom stereocenters. The van der Waals surface area contributed by atoms with Crippen LogP contribution in [0.3, 0.4) is 0 Å². The number of thiophene rings is 1. The van der Waals surface area contributed by atoms with E-state index >= 15 is 0 Å². The lowest BCUT2D eigenvalue weighted by Gasteiger charge is -2.01. The fourth-order valence-electron chi connectivity index (χ4n) is 1.50. The van der Waals surface area contributed by atoms with Gasteiger partial charge in [0, 0.05) is 23.9 Å². The van der Waals surface area contributed by atoms with Crippen molar-refractivity contribution >= 4 is 17.2 Å². The third-order valence-corrected chi connectivity index (χ3v) is 3.17. The molecule has 1 amide bonds. The number of hydrogen-bond acceptors (Lipinski definition) is 4. The Morgan fingerprint density at radius 3 is 3.12 bits per heavy atom. The van der Waals surface area contributed by atoms with Crippen LogP contribution in [-0.2, 0) is 17.6 Å². The molecule has 0 spiro atoms. The van der Waals surface area contributed by atoms with Crippen LogP contribution < -0.4 is 5.32 Å². The van der Waals surface area contributed by atoms with Gasteiger partial charge in [-0.2, -0.15) is 0 Å². The van der Waals surface area contributed by atoms with E-state index < -0.39 is 0 Å². The highest BCUT2D eigenvalue weighted by Gasteiger charge is 2.05. The molecule has 2 aromatic heterocycles. The predicted molar refractivity (Wildman–Crippen MR) is 66.0 cm³/mol. The second-order valence-corrected chi connectivity index (χ2v) is 4.82. The highest BCUT2D eigenvalue weighted by atomic mass is 32.1. The maximum atomic E-state index is 11.6. The van der Waals surface area contributed by atoms with Crippen molar-refractivity contribution in [3.05, 3.63) is 39.9 Å². The molecule has 2 rings (SSSR count). The van der Waals surface area contributed by atoms with E-state index in [-0.39, 0.29) is 5.91 Å². The Morgan fingerprint density at radius 2 is 2.47 bits per heavy atom. The van der Waals surface area contributed by atoms with Gasteiger partial charge in [0.2, 0.25) is 5.91 Å². The molecule has 0 bridgehead atoms. The number of nitrogens with zero attached hydrogens (tertiary/aromatic N) is 1. The summed E-state index contributed by atoms with van der Waals surface area (Å²) in [4.78, 5) is 12.6. The number of aromatic nitrogens is 1. The van der Waals surface area contributed by atoms with E-state index in [2.05, 4.69) is 10.5 Å². The molecule has 2 aromatic rings. The Labute approximate surface area is 104 Å². The van der Waals surface area contributed by atoms with E-state index in [1.54, 1.807) is 11.3 Å². The minimum absolute atomic E-state index is 0.0488. The number of nitrogens with one attached hydrogen (secondary N) is 1. The Kier molecular flexibility index (Phi) is 3.93. The predicted octanol–water partition coefficient (Wildman–Crippen LogP) is 1.95. The van der Waals surface area contributed by atoms with Crippen molar-refractivity contribution in [3.8, 4) is 0 Å². The highest BCUT2D eigenvalue weighted by Crippen LogP contribution is 2.08. The van der Waals surface area contributed by atoms with Gasteiger partial charge < -0.3 is 9.84 Å². The fourth-order valence-corrected chi connectivity index (χ4v) is 2.20. The first-order valence-electron chi connectivity index (χ1n) is 5.45. The number of hydrogen-bond donors (Lipinski definition) is 1. The summed E-state index contributed by atoms with van der Waals surface area (Å²) in [6.07, 6.45) is 1.16. The van der Waals surface area contributed by atoms with Gasteiger partial charge in [-0.25, -0.2) is 0 Å². The van der Waals surface area contributed by atoms with Crippen LogP contribution in [0.4, 0.5) is 0 Å². The normalized spacial score (nSPS) is 10.4. The third kappa shape index (κ3) is 3.71. The second-order valence-electron chi connectivity index (χ2n) is 3.78. The lowest BCUT2D eigenvalue weighted by molar-refractivity contribution is -0.120. The first-order chi connectivity index (χ1) is 8.24. The van der Waals surface area contributed by atoms with Crippen LogP contribution in [0.5, 0.6) is 0 Å². The van der Waals surface area contributed by atoms with Gasteiger partial charge in [-0.05, 0) is 18.4 Å². The third-order valence-electron chi connectivity index (χ3n) is 2.29. The number of amides is 1. The van der Waals surface area contributed by atoms with Gasteiger partial charge in [0.05, 0.1) is 12.1 Å². The molecular weight excluding hydrogens is 236 g/mol. The molecular formula is C12H14N2O2S. The minimum atomic E-state index is 0.0488. The van der Waals surface area contributed by atoms with E-state index in [0.717, 1.165) is 16.3 Å². The highest BCUT2D eigenvalue weighted by molar-refractivity contribution is 7.10. The first kappa shape index (κ1) is 11.9. The molecule has 90 valence electrons. The van der Waals surface area contributed by atoms with Crippen molar-refractivity contribution < 1.29 is 9.32 Å². The van der Waals surface area contributed by atoms with E-state index in [4.69, 9.17) is 4.52 Å². The maximum absolute atomic E-state index is 11.6. The number of rotatable bonds is 5. The van der Waals surface area contributed by atoms with E-state index in [1.165, 1.54) is 0 Å². The van der Waals surface area contributed by atoms with Crippen LogP contribution in [0.15, 0.2) is 28.1 Å². The molecule has 0 atom stereocenters. The van der Waals surface area contributed by atoms with Gasteiger partial charge in [0.25, 0.3) is 0 Å². The van der Waals surface area contributed by atoms with Crippen molar-refractivity contribution in [2.24, 2.45) is 0 Å². The Morgan fingerprint density at radius 1 is 1.59 bits per heavy atom. The van der Waals surface area contributed by atoms with Gasteiger partial charge in [-0.1, -0.05) is 11.2 Å². The van der Waals surface area contributed by atoms with E-state index in [0.29, 0.717) is 19.4 Å². The molecule has 2 heterocycles. The van der Waals surface area contributed by atoms with Gasteiger partial charge in [-0.15, -0.1) is 11.3 Å². The maximum Gasteiger partial charge on any atom is 0.225 e. The van der Waals surface area contributed by atoms with Crippen LogP contribution in [0.25, 0.3) is 0 Å². The monoisotopic (exact) mass is 250 g/mol. The van der Waals surface area contributed by atoms with Crippen LogP contribution in [-0.4, -0.2) is 17.6 Å². The molecule has 0 aromatic carbocycles. The minimum Gasteiger partial charge on any atom is -0.361 e. The molecule has 0 saturated carbocycles. The summed E-state index contributed by atoms with van der Waals surface area (Å²) in [5.74, 6) is 0.845. The molecule has 0 radical (unpaired) electrons. The van der Waals surface area contributed by atoms with Crippen LogP contribution in [0.2, 0.25) is 0 Å². The van der Waals surface area contributed by atoms with Gasteiger partial charge in [-0.3, -0.25) is 4.79 Å². The van der Waals surface area contributed by atoms with Gasteiger partial charge in [0.15, 0.2) is 0 Å². The first-order valence-corrected chi connectivity index (χ1v) is 6.33. The standard InChI is InChI=1S/C12H14N2O2S/c1-9-7-10(14-16-9)4-5-13-12(15)8-11-3-2-6-17-11/h2-3,6-7H,4-5,8H2,1H3,(H,13,15). The molecule has 0 saturated heterocycles. The average Bonchev–Trinajstić information content (AvgIpc) is 2.90. The van der Waals surface area contributed by atoms with Crippen LogP contribution in [0, 0.1) is 6.92 Å². The molecule has 1 N–H and O–H groups in total. The zero-order valence-corrected chi connectivity index (χ0v) is 10.4. The number of carbonyl (C=O) groups is 1. The van der Waals surface area contributed by atoms with Crippen LogP contribution in [0.1, 0.15) is 16.3 Å². The molecule has 0 fully saturated rings. The molecule has 0 aliphatic carbocycles. The Bertz CT molecular complexity index is 476. The summed E-state index contributed by atoms with van der Waals surface area (Å²) < 4.78 is 4.95. The topological polar surface area (TPSA) is 55.1 Å². The van der Waals surface area contributed by atoms with Crippen LogP contribution >= 0.6 is 11.3 Å². The van der Waals surface area contributed by atoms with Crippen molar-refractivity contribution in [1.82, 2.24) is 10.5 Å². The number of carbonyl (C=O) groups excluding carboxylic acids is 1. The summed E-state index contributed by atoms with van der Waals surface area (Å²) in [5, 5.41) is 8.70. The van der Waals surface area contributed by atoms with Crippen molar-refractivity contribution in [3.63, 3.8) is 0 Å². The largest absolute Gasteiger partial charge is 0.361 e. The fraction of sp³-hybridized carbons (Fsp3) is 0.333. The quantitative estimate of drug-likeness (QED) is 0.882. The summed E-state index contributed by atoms with van der Waals surface area (Å²) in [6.45, 7) is 2.45. The van der Waals surface area contributed by atoms with Crippen molar-refractivity contribution in [2.75, 3.05) is 6.54 Å². The van der Waals surface area contributed by atoms with Gasteiger partial charge in [0.1, 0.15) is 5.76 Å². The number of aryl methyl sites for hydroxylation is 1. The average molecular weight is 250 g/mol. The Balaban J connectivity index is 1.70. The SMILES string of the molecule is Cc1cc(CCNC(=O)Cc2cccs2)no1. The Hall–Kier alpha value is -1.62. The van der Waals surface area contributed by atoms with E-state index in [1.807, 2.05) is 30.5 Å². The summed E-state index contributed by atoms with van der Waals surface area (Å²) >= 11 is 1.60. The van der Waals surface area contributed by atoms with Crippen molar-refractivity contribution in [1.29, 1.82) is 0 Å². The van der Waals surface area contributed by atoms with Crippen molar-refractivity contribution in [2.45, 2.75) is 19.8 Å². The summed E-state index contributed by atoms with van der Waals surface area (Å²) in [6, 6.07) is 5.79.